The number of ether oxygens (including phenoxy) is 1. The number of hydrogen-bond donors (Lipinski definition) is 0. The molecule has 0 radical (unpaired) electrons. The molecule has 1 unspecified atom stereocenters. The summed E-state index contributed by atoms with van der Waals surface area (Å²) >= 11 is 0. The lowest BCUT2D eigenvalue weighted by molar-refractivity contribution is 0.303. The second-order valence-corrected chi connectivity index (χ2v) is 16.8. The van der Waals surface area contributed by atoms with Gasteiger partial charge in [-0.25, -0.2) is 0 Å². The number of para-hydroxylation sites is 5. The third-order valence-corrected chi connectivity index (χ3v) is 13.4. The molecule has 1 atom stereocenters. The van der Waals surface area contributed by atoms with E-state index < -0.39 is 0 Å². The van der Waals surface area contributed by atoms with E-state index in [0.717, 1.165) is 78.8 Å². The third-order valence-electron chi connectivity index (χ3n) is 13.4. The van der Waals surface area contributed by atoms with E-state index in [4.69, 9.17) is 9.72 Å². The second-order valence-electron chi connectivity index (χ2n) is 16.8. The van der Waals surface area contributed by atoms with Gasteiger partial charge in [0.05, 0.1) is 27.8 Å². The van der Waals surface area contributed by atoms with Gasteiger partial charge in [-0.1, -0.05) is 121 Å². The van der Waals surface area contributed by atoms with Crippen molar-refractivity contribution < 1.29 is 4.74 Å². The van der Waals surface area contributed by atoms with Gasteiger partial charge in [-0.3, -0.25) is 4.98 Å². The first-order valence-corrected chi connectivity index (χ1v) is 21.9. The van der Waals surface area contributed by atoms with Crippen LogP contribution in [-0.4, -0.2) is 25.9 Å². The van der Waals surface area contributed by atoms with Gasteiger partial charge in [0.15, 0.2) is 5.75 Å². The van der Waals surface area contributed by atoms with E-state index in [1.54, 1.807) is 0 Å². The Kier molecular flexibility index (Phi) is 7.39. The molecule has 14 rings (SSSR count). The average molecular weight is 818 g/mol. The monoisotopic (exact) mass is 817 g/mol. The Morgan fingerprint density at radius 1 is 0.438 bits per heavy atom. The maximum Gasteiger partial charge on any atom is 0.254 e. The van der Waals surface area contributed by atoms with Crippen LogP contribution in [0.3, 0.4) is 0 Å². The summed E-state index contributed by atoms with van der Waals surface area (Å²) in [6.45, 7) is 0. The van der Waals surface area contributed by atoms with E-state index in [9.17, 15) is 0 Å². The molecule has 8 aromatic carbocycles. The van der Waals surface area contributed by atoms with Crippen LogP contribution in [0.2, 0.25) is 0 Å². The van der Waals surface area contributed by atoms with Crippen LogP contribution in [0.4, 0.5) is 11.4 Å². The van der Waals surface area contributed by atoms with E-state index in [1.807, 2.05) is 6.20 Å². The fourth-order valence-electron chi connectivity index (χ4n) is 10.7. The van der Waals surface area contributed by atoms with Gasteiger partial charge in [0.1, 0.15) is 0 Å². The maximum atomic E-state index is 6.92. The fraction of sp³-hybridized carbons (Fsp3) is 0.0169. The van der Waals surface area contributed by atoms with Crippen molar-refractivity contribution in [1.29, 1.82) is 0 Å². The molecule has 0 spiro atoms. The van der Waals surface area contributed by atoms with E-state index >= 15 is 0 Å². The predicted octanol–water partition coefficient (Wildman–Crippen LogP) is 14.4. The molecular formula is C59H37N4O+. The molecule has 64 heavy (non-hydrogen) atoms. The summed E-state index contributed by atoms with van der Waals surface area (Å²) in [5.41, 5.74) is 18.7. The van der Waals surface area contributed by atoms with Gasteiger partial charge in [0, 0.05) is 74.5 Å². The van der Waals surface area contributed by atoms with Gasteiger partial charge in [0.25, 0.3) is 5.69 Å². The smallest absolute Gasteiger partial charge is 0.254 e. The summed E-state index contributed by atoms with van der Waals surface area (Å²) in [5.74, 6) is 0.818. The zero-order chi connectivity index (χ0) is 41.9. The molecule has 4 heterocycles. The van der Waals surface area contributed by atoms with Gasteiger partial charge in [0.2, 0.25) is 17.5 Å². The van der Waals surface area contributed by atoms with Crippen LogP contribution in [0.1, 0.15) is 0 Å². The van der Waals surface area contributed by atoms with Crippen LogP contribution in [0.5, 0.6) is 5.75 Å². The second kappa shape index (κ2) is 13.5. The van der Waals surface area contributed by atoms with Crippen molar-refractivity contribution in [3.05, 3.63) is 219 Å². The van der Waals surface area contributed by atoms with Crippen molar-refractivity contribution in [2.75, 3.05) is 0 Å². The van der Waals surface area contributed by atoms with Gasteiger partial charge in [-0.15, -0.1) is 0 Å². The van der Waals surface area contributed by atoms with Crippen molar-refractivity contribution >= 4 is 60.7 Å². The van der Waals surface area contributed by atoms with E-state index in [0.29, 0.717) is 0 Å². The lowest BCUT2D eigenvalue weighted by Gasteiger charge is -2.27. The Morgan fingerprint density at radius 2 is 0.969 bits per heavy atom. The van der Waals surface area contributed by atoms with Crippen LogP contribution < -0.4 is 9.31 Å². The van der Waals surface area contributed by atoms with Crippen LogP contribution in [0.25, 0.3) is 99.6 Å². The Labute approximate surface area is 369 Å². The minimum atomic E-state index is -0.228. The molecule has 5 nitrogen and oxygen atoms in total. The third kappa shape index (κ3) is 5.00. The van der Waals surface area contributed by atoms with Crippen molar-refractivity contribution in [3.8, 4) is 61.8 Å². The maximum absolute atomic E-state index is 6.92. The van der Waals surface area contributed by atoms with Gasteiger partial charge >= 0.3 is 0 Å². The summed E-state index contributed by atoms with van der Waals surface area (Å²) in [7, 11) is 0. The minimum absolute atomic E-state index is 0.228. The Morgan fingerprint density at radius 3 is 1.56 bits per heavy atom. The highest BCUT2D eigenvalue weighted by Crippen LogP contribution is 2.52. The summed E-state index contributed by atoms with van der Waals surface area (Å²) in [6, 6.07) is 68.5. The van der Waals surface area contributed by atoms with Crippen LogP contribution in [0.15, 0.2) is 219 Å². The molecule has 1 aliphatic heterocycles. The standard InChI is InChI=1S/C59H37N4O/c1-2-15-37(16-3-1)61-55-26-12-13-27-57(55)64-58-36-50-49(35-56(58)61)41-31-29-39(63-53-24-10-6-19-44(53)45-20-7-11-25-54(45)63)34-48(41)47-33-38(28-30-40(47)46-21-14-32-60-59(46)50)62-51-22-8-4-17-42(51)43-18-5-9-23-52(43)62/h1-36,57H/q+1. The van der Waals surface area contributed by atoms with Crippen molar-refractivity contribution in [1.82, 2.24) is 18.7 Å². The highest BCUT2D eigenvalue weighted by atomic mass is 16.5. The summed E-state index contributed by atoms with van der Waals surface area (Å²) < 4.78 is 14.1. The zero-order valence-corrected chi connectivity index (χ0v) is 34.6. The molecule has 3 aliphatic rings. The normalized spacial score (nSPS) is 14.7. The topological polar surface area (TPSA) is 35.0 Å². The Balaban J connectivity index is 1.10. The Bertz CT molecular complexity index is 3780. The van der Waals surface area contributed by atoms with Crippen molar-refractivity contribution in [3.63, 3.8) is 0 Å². The minimum Gasteiger partial charge on any atom is -0.468 e. The largest absolute Gasteiger partial charge is 0.468 e. The van der Waals surface area contributed by atoms with E-state index in [2.05, 4.69) is 226 Å². The number of benzene rings is 8. The predicted molar refractivity (Wildman–Crippen MR) is 264 cm³/mol. The van der Waals surface area contributed by atoms with Crippen LogP contribution in [-0.2, 0) is 0 Å². The number of nitrogens with zero attached hydrogens (tertiary/aromatic N) is 4. The number of allylic oxidation sites excluding steroid dienone is 2. The first-order chi connectivity index (χ1) is 31.8. The highest BCUT2D eigenvalue weighted by molar-refractivity contribution is 6.12. The average Bonchev–Trinajstić information content (AvgIpc) is 3.88. The molecule has 0 bridgehead atoms. The molecule has 0 saturated carbocycles. The number of aromatic nitrogens is 3. The first kappa shape index (κ1) is 35.1. The molecule has 298 valence electrons. The quantitative estimate of drug-likeness (QED) is 0.167. The number of fused-ring (bicyclic) bond motifs is 16. The molecule has 0 amide bonds. The number of hydrogen-bond acceptors (Lipinski definition) is 2. The molecule has 11 aromatic rings. The van der Waals surface area contributed by atoms with Crippen molar-refractivity contribution in [2.24, 2.45) is 0 Å². The molecule has 0 saturated heterocycles. The molecule has 2 aliphatic carbocycles. The number of rotatable bonds is 3. The molecule has 3 aromatic heterocycles. The summed E-state index contributed by atoms with van der Waals surface area (Å²) in [4.78, 5) is 5.21. The fourth-order valence-corrected chi connectivity index (χ4v) is 10.7. The SMILES string of the molecule is C1=CC2=[N+](c3ccccc3)c3cc4c(cc3OC2C=C1)-c1ncccc1-c1ccc(-n2c3ccccc3c3ccccc32)cc1-c1cc(-n2c3ccccc3c3ccccc32)ccc1-4. The zero-order valence-electron chi connectivity index (χ0n) is 34.6. The van der Waals surface area contributed by atoms with Gasteiger partial charge in [-0.2, -0.15) is 4.58 Å². The summed E-state index contributed by atoms with van der Waals surface area (Å²) in [5, 5.41) is 4.94. The molecule has 0 fully saturated rings. The number of pyridine rings is 1. The highest BCUT2D eigenvalue weighted by Gasteiger charge is 2.38. The lowest BCUT2D eigenvalue weighted by Crippen LogP contribution is -2.36. The first-order valence-electron chi connectivity index (χ1n) is 21.9. The van der Waals surface area contributed by atoms with Crippen LogP contribution in [0, 0.1) is 0 Å². The Hall–Kier alpha value is -8.54. The summed E-state index contributed by atoms with van der Waals surface area (Å²) in [6.07, 6.45) is 10.2. The van der Waals surface area contributed by atoms with Gasteiger partial charge in [-0.05, 0) is 94.6 Å². The lowest BCUT2D eigenvalue weighted by atomic mass is 9.81. The van der Waals surface area contributed by atoms with Gasteiger partial charge < -0.3 is 13.9 Å². The van der Waals surface area contributed by atoms with E-state index in [1.165, 1.54) is 43.6 Å². The van der Waals surface area contributed by atoms with Crippen molar-refractivity contribution in [2.45, 2.75) is 6.10 Å². The molecule has 5 heteroatoms. The molecular weight excluding hydrogens is 781 g/mol. The molecule has 0 N–H and O–H groups in total. The van der Waals surface area contributed by atoms with Crippen LogP contribution >= 0.6 is 0 Å². The van der Waals surface area contributed by atoms with E-state index in [-0.39, 0.29) is 6.10 Å².